The van der Waals surface area contributed by atoms with Crippen LogP contribution in [0.5, 0.6) is 0 Å². The van der Waals surface area contributed by atoms with Crippen molar-refractivity contribution in [2.24, 2.45) is 0 Å². The van der Waals surface area contributed by atoms with Gasteiger partial charge in [0.05, 0.1) is 39.7 Å². The molecular formula is C27H31ClF4N4O4S2. The average molecular weight is 651 g/mol. The van der Waals surface area contributed by atoms with E-state index in [1.165, 1.54) is 11.4 Å². The molecule has 1 aliphatic heterocycles. The molecule has 230 valence electrons. The molecular weight excluding hydrogens is 620 g/mol. The lowest BCUT2D eigenvalue weighted by Gasteiger charge is -2.45. The Hall–Kier alpha value is -2.55. The number of aliphatic hydroxyl groups is 1. The Morgan fingerprint density at radius 3 is 2.43 bits per heavy atom. The Morgan fingerprint density at radius 1 is 1.26 bits per heavy atom. The number of aromatic nitrogens is 2. The zero-order valence-corrected chi connectivity index (χ0v) is 25.9. The van der Waals surface area contributed by atoms with Crippen LogP contribution in [0.25, 0.3) is 10.9 Å². The van der Waals surface area contributed by atoms with E-state index in [0.717, 1.165) is 29.2 Å². The fourth-order valence-electron chi connectivity index (χ4n) is 4.93. The minimum Gasteiger partial charge on any atom is -0.444 e. The van der Waals surface area contributed by atoms with Gasteiger partial charge in [-0.05, 0) is 46.8 Å². The molecule has 3 heterocycles. The van der Waals surface area contributed by atoms with Crippen LogP contribution >= 0.6 is 34.7 Å². The predicted molar refractivity (Wildman–Crippen MR) is 156 cm³/mol. The Morgan fingerprint density at radius 2 is 1.90 bits per heavy atom. The number of H-pyrrole nitrogens is 1. The van der Waals surface area contributed by atoms with E-state index in [-0.39, 0.29) is 47.1 Å². The molecule has 2 N–H and O–H groups in total. The van der Waals surface area contributed by atoms with Gasteiger partial charge in [-0.2, -0.15) is 18.2 Å². The molecule has 3 aromatic rings. The number of amides is 1. The van der Waals surface area contributed by atoms with Crippen LogP contribution in [0, 0.1) is 5.82 Å². The fraction of sp³-hybridized carbons (Fsp3) is 0.519. The number of thioether (sulfide) groups is 1. The van der Waals surface area contributed by atoms with Crippen LogP contribution in [0.3, 0.4) is 0 Å². The Kier molecular flexibility index (Phi) is 9.41. The number of hydrogen-bond donors (Lipinski definition) is 2. The minimum atomic E-state index is -4.82. The molecule has 1 saturated heterocycles. The first-order valence-electron chi connectivity index (χ1n) is 13.1. The van der Waals surface area contributed by atoms with Gasteiger partial charge in [-0.15, -0.1) is 23.1 Å². The maximum atomic E-state index is 14.2. The monoisotopic (exact) mass is 650 g/mol. The van der Waals surface area contributed by atoms with Gasteiger partial charge in [0.1, 0.15) is 17.2 Å². The standard InChI is InChI=1S/C27H31ClF4N4O4S2/c1-13-8-35(9-14(2)36(13)25(39)40-26(3,4)5)23-17-7-18(27(30,31)32)20(28)22(21(17)33-24(38)34-23)42-11-15(10-37)19-6-16(29)12-41-19/h6-7,12-15,37H,8-11H2,1-5H3,(H,33,34,38)/t13-,14+,15?. The third-order valence-electron chi connectivity index (χ3n) is 6.67. The Labute approximate surface area is 253 Å². The number of thiophene rings is 1. The van der Waals surface area contributed by atoms with Crippen LogP contribution in [0.2, 0.25) is 5.02 Å². The van der Waals surface area contributed by atoms with Crippen molar-refractivity contribution in [2.75, 3.05) is 30.3 Å². The number of nitrogens with zero attached hydrogens (tertiary/aromatic N) is 3. The van der Waals surface area contributed by atoms with Gasteiger partial charge in [-0.3, -0.25) is 4.90 Å². The average Bonchev–Trinajstić information content (AvgIpc) is 3.28. The summed E-state index contributed by atoms with van der Waals surface area (Å²) < 4.78 is 61.8. The van der Waals surface area contributed by atoms with E-state index in [1.807, 2.05) is 0 Å². The lowest BCUT2D eigenvalue weighted by molar-refractivity contribution is -0.137. The second-order valence-corrected chi connectivity index (χ2v) is 13.6. The normalized spacial score (nSPS) is 18.9. The number of halogens is 5. The van der Waals surface area contributed by atoms with Crippen molar-refractivity contribution in [2.45, 2.75) is 69.3 Å². The highest BCUT2D eigenvalue weighted by atomic mass is 35.5. The number of carbonyl (C=O) groups is 1. The molecule has 2 aromatic heterocycles. The van der Waals surface area contributed by atoms with Gasteiger partial charge in [-0.25, -0.2) is 14.0 Å². The van der Waals surface area contributed by atoms with Crippen molar-refractivity contribution in [1.29, 1.82) is 0 Å². The number of piperazine rings is 1. The number of aromatic amines is 1. The lowest BCUT2D eigenvalue weighted by atomic mass is 10.1. The summed E-state index contributed by atoms with van der Waals surface area (Å²) in [5.41, 5.74) is -2.54. The molecule has 8 nitrogen and oxygen atoms in total. The SMILES string of the molecule is C[C@@H]1CN(c2nc(=O)[nH]c3c(SCC(CO)c4cc(F)cs4)c(Cl)c(C(F)(F)F)cc23)C[C@H](C)N1C(=O)OC(C)(C)C. The number of nitrogens with one attached hydrogen (secondary N) is 1. The molecule has 3 atom stereocenters. The lowest BCUT2D eigenvalue weighted by Crippen LogP contribution is -2.59. The molecule has 4 rings (SSSR count). The second-order valence-electron chi connectivity index (χ2n) is 11.2. The maximum absolute atomic E-state index is 14.2. The van der Waals surface area contributed by atoms with Gasteiger partial charge >= 0.3 is 18.0 Å². The second kappa shape index (κ2) is 12.2. The van der Waals surface area contributed by atoms with Crippen molar-refractivity contribution in [3.05, 3.63) is 49.3 Å². The zero-order valence-electron chi connectivity index (χ0n) is 23.5. The number of aliphatic hydroxyl groups excluding tert-OH is 1. The maximum Gasteiger partial charge on any atom is 0.417 e. The van der Waals surface area contributed by atoms with Crippen molar-refractivity contribution in [3.8, 4) is 0 Å². The van der Waals surface area contributed by atoms with E-state index < -0.39 is 58.0 Å². The van der Waals surface area contributed by atoms with Crippen LogP contribution in [0.4, 0.5) is 28.2 Å². The Bertz CT molecular complexity index is 1510. The first-order valence-corrected chi connectivity index (χ1v) is 15.3. The highest BCUT2D eigenvalue weighted by molar-refractivity contribution is 7.99. The number of anilines is 1. The summed E-state index contributed by atoms with van der Waals surface area (Å²) in [6.45, 7) is 8.81. The van der Waals surface area contributed by atoms with Crippen LogP contribution in [-0.2, 0) is 10.9 Å². The summed E-state index contributed by atoms with van der Waals surface area (Å²) in [6.07, 6.45) is -5.34. The minimum absolute atomic E-state index is 0.0272. The molecule has 42 heavy (non-hydrogen) atoms. The van der Waals surface area contributed by atoms with Crippen molar-refractivity contribution in [1.82, 2.24) is 14.9 Å². The van der Waals surface area contributed by atoms with Gasteiger partial charge < -0.3 is 19.7 Å². The fourth-order valence-corrected chi connectivity index (χ4v) is 7.50. The van der Waals surface area contributed by atoms with Crippen LogP contribution < -0.4 is 10.6 Å². The number of rotatable bonds is 6. The summed E-state index contributed by atoms with van der Waals surface area (Å²) in [5, 5.41) is 10.6. The topological polar surface area (TPSA) is 98.8 Å². The first kappa shape index (κ1) is 32.4. The molecule has 1 aliphatic rings. The number of alkyl halides is 3. The molecule has 1 amide bonds. The highest BCUT2D eigenvalue weighted by Gasteiger charge is 2.39. The van der Waals surface area contributed by atoms with Crippen LogP contribution in [0.15, 0.2) is 27.2 Å². The number of fused-ring (bicyclic) bond motifs is 1. The van der Waals surface area contributed by atoms with Gasteiger partial charge in [0.2, 0.25) is 0 Å². The van der Waals surface area contributed by atoms with E-state index in [4.69, 9.17) is 16.3 Å². The number of hydrogen-bond acceptors (Lipinski definition) is 8. The summed E-state index contributed by atoms with van der Waals surface area (Å²) in [6, 6.07) is 1.30. The summed E-state index contributed by atoms with van der Waals surface area (Å²) in [7, 11) is 0. The quantitative estimate of drug-likeness (QED) is 0.232. The Balaban J connectivity index is 1.77. The zero-order chi connectivity index (χ0) is 31.1. The van der Waals surface area contributed by atoms with Crippen LogP contribution in [-0.4, -0.2) is 69.2 Å². The molecule has 0 aliphatic carbocycles. The third kappa shape index (κ3) is 6.98. The number of carbonyl (C=O) groups excluding carboxylic acids is 1. The van der Waals surface area contributed by atoms with Crippen molar-refractivity contribution < 1.29 is 32.2 Å². The van der Waals surface area contributed by atoms with Gasteiger partial charge in [0.25, 0.3) is 0 Å². The van der Waals surface area contributed by atoms with E-state index in [0.29, 0.717) is 4.88 Å². The van der Waals surface area contributed by atoms with Crippen LogP contribution in [0.1, 0.15) is 51.0 Å². The van der Waals surface area contributed by atoms with E-state index >= 15 is 0 Å². The molecule has 1 fully saturated rings. The van der Waals surface area contributed by atoms with Crippen molar-refractivity contribution in [3.63, 3.8) is 0 Å². The number of ether oxygens (including phenoxy) is 1. The van der Waals surface area contributed by atoms with Gasteiger partial charge in [0.15, 0.2) is 0 Å². The molecule has 0 bridgehead atoms. The van der Waals surface area contributed by atoms with Gasteiger partial charge in [0, 0.05) is 40.4 Å². The molecule has 0 radical (unpaired) electrons. The molecule has 0 spiro atoms. The molecule has 1 unspecified atom stereocenters. The molecule has 0 saturated carbocycles. The van der Waals surface area contributed by atoms with Gasteiger partial charge in [-0.1, -0.05) is 11.6 Å². The largest absolute Gasteiger partial charge is 0.444 e. The predicted octanol–water partition coefficient (Wildman–Crippen LogP) is 6.50. The van der Waals surface area contributed by atoms with E-state index in [1.54, 1.807) is 44.4 Å². The summed E-state index contributed by atoms with van der Waals surface area (Å²) >= 11 is 8.33. The molecule has 1 aromatic carbocycles. The molecule has 15 heteroatoms. The smallest absolute Gasteiger partial charge is 0.417 e. The summed E-state index contributed by atoms with van der Waals surface area (Å²) in [5.74, 6) is -0.967. The third-order valence-corrected chi connectivity index (χ3v) is 9.51. The van der Waals surface area contributed by atoms with Crippen molar-refractivity contribution >= 4 is 57.5 Å². The van der Waals surface area contributed by atoms with E-state index in [2.05, 4.69) is 9.97 Å². The first-order chi connectivity index (χ1) is 19.5. The summed E-state index contributed by atoms with van der Waals surface area (Å²) in [4.78, 5) is 36.0. The van der Waals surface area contributed by atoms with E-state index in [9.17, 15) is 32.3 Å². The highest BCUT2D eigenvalue weighted by Crippen LogP contribution is 2.45. The number of benzene rings is 1.